The van der Waals surface area contributed by atoms with Crippen LogP contribution in [0.3, 0.4) is 0 Å². The maximum Gasteiger partial charge on any atom is 0.249 e. The fourth-order valence-corrected chi connectivity index (χ4v) is 2.56. The molecule has 2 aliphatic heterocycles. The van der Waals surface area contributed by atoms with Gasteiger partial charge in [-0.05, 0) is 45.6 Å². The Morgan fingerprint density at radius 3 is 2.90 bits per heavy atom. The van der Waals surface area contributed by atoms with E-state index in [0.717, 1.165) is 45.4 Å². The summed E-state index contributed by atoms with van der Waals surface area (Å²) in [6, 6.07) is 0.248. The van der Waals surface area contributed by atoms with Crippen molar-refractivity contribution >= 4 is 18.3 Å². The van der Waals surface area contributed by atoms with Crippen molar-refractivity contribution in [1.29, 1.82) is 0 Å². The molecule has 20 heavy (non-hydrogen) atoms. The highest BCUT2D eigenvalue weighted by Gasteiger charge is 2.21. The zero-order chi connectivity index (χ0) is 13.5. The number of hydrogen-bond acceptors (Lipinski definition) is 4. The molecule has 0 spiro atoms. The summed E-state index contributed by atoms with van der Waals surface area (Å²) in [4.78, 5) is 12.0. The third-order valence-electron chi connectivity index (χ3n) is 3.82. The van der Waals surface area contributed by atoms with Crippen molar-refractivity contribution in [2.75, 3.05) is 26.3 Å². The third kappa shape index (κ3) is 5.95. The molecule has 2 heterocycles. The Morgan fingerprint density at radius 1 is 1.40 bits per heavy atom. The number of carbonyl (C=O) groups is 1. The van der Waals surface area contributed by atoms with Crippen LogP contribution in [0.25, 0.3) is 0 Å². The highest BCUT2D eigenvalue weighted by atomic mass is 35.5. The van der Waals surface area contributed by atoms with Gasteiger partial charge in [-0.3, -0.25) is 4.79 Å². The van der Waals surface area contributed by atoms with Gasteiger partial charge in [0.1, 0.15) is 6.10 Å². The second-order valence-electron chi connectivity index (χ2n) is 5.52. The van der Waals surface area contributed by atoms with Gasteiger partial charge < -0.3 is 20.1 Å². The van der Waals surface area contributed by atoms with Crippen molar-refractivity contribution < 1.29 is 14.3 Å². The molecule has 2 unspecified atom stereocenters. The molecule has 2 rings (SSSR count). The lowest BCUT2D eigenvalue weighted by Gasteiger charge is -2.27. The molecule has 0 radical (unpaired) electrons. The molecule has 0 aliphatic carbocycles. The van der Waals surface area contributed by atoms with Crippen LogP contribution in [0, 0.1) is 0 Å². The summed E-state index contributed by atoms with van der Waals surface area (Å²) in [5.74, 6) is -0.00971. The second kappa shape index (κ2) is 9.55. The zero-order valence-electron chi connectivity index (χ0n) is 12.2. The molecule has 5 nitrogen and oxygen atoms in total. The zero-order valence-corrected chi connectivity index (χ0v) is 13.0. The highest BCUT2D eigenvalue weighted by molar-refractivity contribution is 5.85. The van der Waals surface area contributed by atoms with E-state index in [1.165, 1.54) is 6.42 Å². The summed E-state index contributed by atoms with van der Waals surface area (Å²) in [5.41, 5.74) is 0. The van der Waals surface area contributed by atoms with E-state index in [4.69, 9.17) is 9.47 Å². The average molecular weight is 307 g/mol. The van der Waals surface area contributed by atoms with Gasteiger partial charge in [0.05, 0.1) is 12.7 Å². The first-order valence-corrected chi connectivity index (χ1v) is 7.50. The first kappa shape index (κ1) is 17.7. The minimum atomic E-state index is -0.396. The number of carbonyl (C=O) groups excluding carboxylic acids is 1. The monoisotopic (exact) mass is 306 g/mol. The van der Waals surface area contributed by atoms with Gasteiger partial charge in [-0.1, -0.05) is 0 Å². The van der Waals surface area contributed by atoms with Crippen LogP contribution in [0.5, 0.6) is 0 Å². The van der Waals surface area contributed by atoms with Gasteiger partial charge in [0.2, 0.25) is 5.91 Å². The van der Waals surface area contributed by atoms with Crippen LogP contribution in [0.2, 0.25) is 0 Å². The SMILES string of the molecule is CC(OCC1CCCCO1)C(=O)N[C@H]1CCCNC1.Cl. The van der Waals surface area contributed by atoms with Crippen molar-refractivity contribution in [3.05, 3.63) is 0 Å². The first-order valence-electron chi connectivity index (χ1n) is 7.50. The lowest BCUT2D eigenvalue weighted by Crippen LogP contribution is -2.49. The number of amides is 1. The Morgan fingerprint density at radius 2 is 2.25 bits per heavy atom. The standard InChI is InChI=1S/C14H26N2O3.ClH/c1-11(19-10-13-6-2-3-8-18-13)14(17)16-12-5-4-7-15-9-12;/h11-13,15H,2-10H2,1H3,(H,16,17);1H/t11?,12-,13?;/m0./s1. The summed E-state index contributed by atoms with van der Waals surface area (Å²) in [7, 11) is 0. The molecule has 2 fully saturated rings. The van der Waals surface area contributed by atoms with Crippen molar-refractivity contribution in [3.63, 3.8) is 0 Å². The molecule has 2 saturated heterocycles. The molecule has 1 amide bonds. The van der Waals surface area contributed by atoms with Crippen LogP contribution in [0.1, 0.15) is 39.0 Å². The Bertz CT molecular complexity index is 280. The normalized spacial score (nSPS) is 28.2. The molecule has 2 N–H and O–H groups in total. The van der Waals surface area contributed by atoms with E-state index in [2.05, 4.69) is 10.6 Å². The number of piperidine rings is 1. The fraction of sp³-hybridized carbons (Fsp3) is 0.929. The van der Waals surface area contributed by atoms with Gasteiger partial charge in [0, 0.05) is 19.2 Å². The summed E-state index contributed by atoms with van der Waals surface area (Å²) in [5, 5.41) is 6.33. The summed E-state index contributed by atoms with van der Waals surface area (Å²) >= 11 is 0. The average Bonchev–Trinajstić information content (AvgIpc) is 2.47. The van der Waals surface area contributed by atoms with Crippen molar-refractivity contribution in [2.45, 2.75) is 57.3 Å². The number of ether oxygens (including phenoxy) is 2. The number of halogens is 1. The van der Waals surface area contributed by atoms with Crippen LogP contribution in [0.15, 0.2) is 0 Å². The lowest BCUT2D eigenvalue weighted by atomic mass is 10.1. The van der Waals surface area contributed by atoms with Gasteiger partial charge in [0.15, 0.2) is 0 Å². The summed E-state index contributed by atoms with van der Waals surface area (Å²) in [6.45, 7) is 5.08. The fourth-order valence-electron chi connectivity index (χ4n) is 2.56. The molecule has 6 heteroatoms. The van der Waals surface area contributed by atoms with Crippen LogP contribution < -0.4 is 10.6 Å². The van der Waals surface area contributed by atoms with Gasteiger partial charge >= 0.3 is 0 Å². The molecule has 0 aromatic rings. The number of rotatable bonds is 5. The van der Waals surface area contributed by atoms with E-state index in [1.54, 1.807) is 0 Å². The summed E-state index contributed by atoms with van der Waals surface area (Å²) in [6.07, 6.45) is 5.32. The molecule has 3 atom stereocenters. The van der Waals surface area contributed by atoms with E-state index in [1.807, 2.05) is 6.92 Å². The molecule has 0 bridgehead atoms. The van der Waals surface area contributed by atoms with Crippen molar-refractivity contribution in [1.82, 2.24) is 10.6 Å². The van der Waals surface area contributed by atoms with Crippen molar-refractivity contribution in [2.24, 2.45) is 0 Å². The Balaban J connectivity index is 0.00000200. The first-order chi connectivity index (χ1) is 9.25. The topological polar surface area (TPSA) is 59.6 Å². The van der Waals surface area contributed by atoms with E-state index in [0.29, 0.717) is 6.61 Å². The van der Waals surface area contributed by atoms with Crippen LogP contribution in [-0.4, -0.2) is 50.5 Å². The molecular weight excluding hydrogens is 280 g/mol. The Labute approximate surface area is 127 Å². The smallest absolute Gasteiger partial charge is 0.249 e. The largest absolute Gasteiger partial charge is 0.376 e. The van der Waals surface area contributed by atoms with Crippen molar-refractivity contribution in [3.8, 4) is 0 Å². The quantitative estimate of drug-likeness (QED) is 0.802. The second-order valence-corrected chi connectivity index (χ2v) is 5.52. The maximum absolute atomic E-state index is 12.0. The molecule has 0 aromatic heterocycles. The minimum absolute atomic E-state index is 0. The van der Waals surface area contributed by atoms with Gasteiger partial charge in [-0.25, -0.2) is 0 Å². The molecule has 0 saturated carbocycles. The third-order valence-corrected chi connectivity index (χ3v) is 3.82. The Kier molecular flexibility index (Phi) is 8.45. The van der Waals surface area contributed by atoms with Gasteiger partial charge in [0.25, 0.3) is 0 Å². The lowest BCUT2D eigenvalue weighted by molar-refractivity contribution is -0.136. The molecule has 118 valence electrons. The predicted octanol–water partition coefficient (Wildman–Crippen LogP) is 1.25. The Hall–Kier alpha value is -0.360. The van der Waals surface area contributed by atoms with Gasteiger partial charge in [-0.15, -0.1) is 12.4 Å². The minimum Gasteiger partial charge on any atom is -0.376 e. The predicted molar refractivity (Wildman–Crippen MR) is 80.3 cm³/mol. The van der Waals surface area contributed by atoms with Gasteiger partial charge in [-0.2, -0.15) is 0 Å². The molecular formula is C14H27ClN2O3. The molecule has 2 aliphatic rings. The van der Waals surface area contributed by atoms with Crippen LogP contribution in [0.4, 0.5) is 0 Å². The molecule has 0 aromatic carbocycles. The van der Waals surface area contributed by atoms with E-state index in [-0.39, 0.29) is 30.5 Å². The number of nitrogens with one attached hydrogen (secondary N) is 2. The highest BCUT2D eigenvalue weighted by Crippen LogP contribution is 2.13. The van der Waals surface area contributed by atoms with Crippen LogP contribution in [-0.2, 0) is 14.3 Å². The van der Waals surface area contributed by atoms with Crippen LogP contribution >= 0.6 is 12.4 Å². The number of hydrogen-bond donors (Lipinski definition) is 2. The van der Waals surface area contributed by atoms with E-state index >= 15 is 0 Å². The van der Waals surface area contributed by atoms with E-state index < -0.39 is 6.10 Å². The summed E-state index contributed by atoms with van der Waals surface area (Å²) < 4.78 is 11.2. The maximum atomic E-state index is 12.0. The van der Waals surface area contributed by atoms with E-state index in [9.17, 15) is 4.79 Å².